The second kappa shape index (κ2) is 9.54. The summed E-state index contributed by atoms with van der Waals surface area (Å²) in [4.78, 5) is 23.8. The van der Waals surface area contributed by atoms with Crippen LogP contribution in [0.1, 0.15) is 36.2 Å². The topological polar surface area (TPSA) is 104 Å². The Kier molecular flexibility index (Phi) is 8.08. The van der Waals surface area contributed by atoms with Gasteiger partial charge >= 0.3 is 0 Å². The minimum absolute atomic E-state index is 0.437. The Morgan fingerprint density at radius 3 is 2.52 bits per heavy atom. The van der Waals surface area contributed by atoms with Gasteiger partial charge in [-0.25, -0.2) is 0 Å². The third-order valence-corrected chi connectivity index (χ3v) is 4.40. The fraction of sp³-hybridized carbons (Fsp3) is 0.500. The third kappa shape index (κ3) is 6.60. The van der Waals surface area contributed by atoms with Crippen LogP contribution in [0.15, 0.2) is 24.3 Å². The fourth-order valence-electron chi connectivity index (χ4n) is 1.88. The Morgan fingerprint density at radius 2 is 1.91 bits per heavy atom. The normalized spacial score (nSPS) is 13.5. The molecule has 128 valence electrons. The highest BCUT2D eigenvalue weighted by Crippen LogP contribution is 2.12. The number of nitrogens with two attached hydrogens (primary N) is 1. The number of hydrogen-bond acceptors (Lipinski definition) is 5. The summed E-state index contributed by atoms with van der Waals surface area (Å²) in [5.74, 6) is -0.389. The van der Waals surface area contributed by atoms with E-state index in [2.05, 4.69) is 24.7 Å². The molecule has 0 saturated carbocycles. The number of carbonyl (C=O) groups excluding carboxylic acids is 2. The van der Waals surface area contributed by atoms with Crippen LogP contribution in [0, 0.1) is 6.92 Å². The SMILES string of the molecule is Cc1ccccc1C(=O)NNC(=O)C(O)[C@H](N)CCSC(C)C. The maximum atomic E-state index is 12.0. The van der Waals surface area contributed by atoms with E-state index in [0.29, 0.717) is 17.2 Å². The number of rotatable bonds is 7. The summed E-state index contributed by atoms with van der Waals surface area (Å²) in [6.07, 6.45) is -0.844. The molecule has 0 aliphatic heterocycles. The predicted molar refractivity (Wildman–Crippen MR) is 93.0 cm³/mol. The maximum Gasteiger partial charge on any atom is 0.269 e. The number of aliphatic hydroxyl groups excluding tert-OH is 1. The van der Waals surface area contributed by atoms with Gasteiger partial charge in [0.1, 0.15) is 6.10 Å². The van der Waals surface area contributed by atoms with E-state index in [1.807, 2.05) is 6.07 Å². The van der Waals surface area contributed by atoms with Gasteiger partial charge in [-0.2, -0.15) is 11.8 Å². The summed E-state index contributed by atoms with van der Waals surface area (Å²) in [5, 5.41) is 10.4. The molecule has 1 unspecified atom stereocenters. The van der Waals surface area contributed by atoms with Crippen molar-refractivity contribution >= 4 is 23.6 Å². The summed E-state index contributed by atoms with van der Waals surface area (Å²) in [7, 11) is 0. The molecule has 6 nitrogen and oxygen atoms in total. The minimum atomic E-state index is -1.36. The van der Waals surface area contributed by atoms with Gasteiger partial charge in [0, 0.05) is 11.6 Å². The molecule has 5 N–H and O–H groups in total. The van der Waals surface area contributed by atoms with Gasteiger partial charge < -0.3 is 10.8 Å². The highest BCUT2D eigenvalue weighted by Gasteiger charge is 2.23. The Morgan fingerprint density at radius 1 is 1.26 bits per heavy atom. The molecule has 1 rings (SSSR count). The van der Waals surface area contributed by atoms with Gasteiger partial charge in [0.15, 0.2) is 0 Å². The number of carbonyl (C=O) groups is 2. The molecule has 7 heteroatoms. The van der Waals surface area contributed by atoms with Crippen LogP contribution < -0.4 is 16.6 Å². The van der Waals surface area contributed by atoms with Crippen molar-refractivity contribution in [2.24, 2.45) is 5.73 Å². The number of aliphatic hydroxyl groups is 1. The van der Waals surface area contributed by atoms with Crippen molar-refractivity contribution in [2.75, 3.05) is 5.75 Å². The van der Waals surface area contributed by atoms with Gasteiger partial charge in [0.05, 0.1) is 0 Å². The van der Waals surface area contributed by atoms with E-state index in [0.717, 1.165) is 11.3 Å². The Labute approximate surface area is 141 Å². The van der Waals surface area contributed by atoms with E-state index in [1.165, 1.54) is 0 Å². The molecule has 0 aliphatic rings. The van der Waals surface area contributed by atoms with E-state index in [9.17, 15) is 14.7 Å². The maximum absolute atomic E-state index is 12.0. The average Bonchev–Trinajstić information content (AvgIpc) is 2.51. The summed E-state index contributed by atoms with van der Waals surface area (Å²) in [5.41, 5.74) is 11.6. The standard InChI is InChI=1S/C16H25N3O3S/c1-10(2)23-9-8-13(17)14(20)16(22)19-18-15(21)12-7-5-4-6-11(12)3/h4-7,10,13-14,20H,8-9,17H2,1-3H3,(H,18,21)(H,19,22)/t13-,14?/m1/s1. The lowest BCUT2D eigenvalue weighted by atomic mass is 10.1. The summed E-state index contributed by atoms with van der Waals surface area (Å²) < 4.78 is 0. The third-order valence-electron chi connectivity index (χ3n) is 3.27. The van der Waals surface area contributed by atoms with Crippen molar-refractivity contribution in [1.29, 1.82) is 0 Å². The molecule has 1 aromatic carbocycles. The molecule has 0 saturated heterocycles. The van der Waals surface area contributed by atoms with Gasteiger partial charge in [0.25, 0.3) is 11.8 Å². The Balaban J connectivity index is 2.43. The van der Waals surface area contributed by atoms with Crippen LogP contribution in [0.25, 0.3) is 0 Å². The largest absolute Gasteiger partial charge is 0.382 e. The molecular formula is C16H25N3O3S. The quantitative estimate of drug-likeness (QED) is 0.554. The average molecular weight is 339 g/mol. The Hall–Kier alpha value is -1.57. The lowest BCUT2D eigenvalue weighted by molar-refractivity contribution is -0.131. The number of benzene rings is 1. The molecule has 1 aromatic rings. The van der Waals surface area contributed by atoms with Crippen LogP contribution in [0.4, 0.5) is 0 Å². The second-order valence-electron chi connectivity index (χ2n) is 5.58. The van der Waals surface area contributed by atoms with E-state index in [1.54, 1.807) is 36.9 Å². The minimum Gasteiger partial charge on any atom is -0.382 e. The zero-order chi connectivity index (χ0) is 17.4. The Bertz CT molecular complexity index is 537. The number of thioether (sulfide) groups is 1. The van der Waals surface area contributed by atoms with E-state index in [4.69, 9.17) is 5.73 Å². The monoisotopic (exact) mass is 339 g/mol. The first-order valence-corrected chi connectivity index (χ1v) is 8.59. The number of nitrogens with one attached hydrogen (secondary N) is 2. The molecule has 0 heterocycles. The van der Waals surface area contributed by atoms with Gasteiger partial charge in [0.2, 0.25) is 0 Å². The van der Waals surface area contributed by atoms with Crippen molar-refractivity contribution in [2.45, 2.75) is 44.6 Å². The lowest BCUT2D eigenvalue weighted by Crippen LogP contribution is -2.52. The number of hydrogen-bond donors (Lipinski definition) is 4. The van der Waals surface area contributed by atoms with Crippen LogP contribution >= 0.6 is 11.8 Å². The van der Waals surface area contributed by atoms with E-state index >= 15 is 0 Å². The van der Waals surface area contributed by atoms with Gasteiger partial charge in [-0.1, -0.05) is 32.0 Å². The molecular weight excluding hydrogens is 314 g/mol. The van der Waals surface area contributed by atoms with E-state index in [-0.39, 0.29) is 0 Å². The first-order chi connectivity index (χ1) is 10.8. The zero-order valence-corrected chi connectivity index (χ0v) is 14.5. The summed E-state index contributed by atoms with van der Waals surface area (Å²) >= 11 is 1.71. The second-order valence-corrected chi connectivity index (χ2v) is 7.26. The molecule has 23 heavy (non-hydrogen) atoms. The summed E-state index contributed by atoms with van der Waals surface area (Å²) in [6, 6.07) is 6.34. The highest BCUT2D eigenvalue weighted by atomic mass is 32.2. The van der Waals surface area contributed by atoms with Crippen molar-refractivity contribution in [1.82, 2.24) is 10.9 Å². The smallest absolute Gasteiger partial charge is 0.269 e. The number of amides is 2. The first-order valence-electron chi connectivity index (χ1n) is 7.54. The van der Waals surface area contributed by atoms with Crippen LogP contribution in [0.3, 0.4) is 0 Å². The van der Waals surface area contributed by atoms with Gasteiger partial charge in [-0.3, -0.25) is 20.4 Å². The van der Waals surface area contributed by atoms with Crippen molar-refractivity contribution < 1.29 is 14.7 Å². The molecule has 2 atom stereocenters. The zero-order valence-electron chi connectivity index (χ0n) is 13.7. The van der Waals surface area contributed by atoms with Crippen molar-refractivity contribution in [3.63, 3.8) is 0 Å². The van der Waals surface area contributed by atoms with Crippen molar-refractivity contribution in [3.05, 3.63) is 35.4 Å². The highest BCUT2D eigenvalue weighted by molar-refractivity contribution is 7.99. The first kappa shape index (κ1) is 19.5. The van der Waals surface area contributed by atoms with Gasteiger partial charge in [-0.05, 0) is 36.0 Å². The lowest BCUT2D eigenvalue weighted by Gasteiger charge is -2.19. The van der Waals surface area contributed by atoms with Crippen LogP contribution in [-0.4, -0.2) is 40.1 Å². The molecule has 0 bridgehead atoms. The molecule has 0 fully saturated rings. The van der Waals surface area contributed by atoms with Crippen LogP contribution in [-0.2, 0) is 4.79 Å². The molecule has 0 aliphatic carbocycles. The van der Waals surface area contributed by atoms with E-state index < -0.39 is 24.0 Å². The number of aryl methyl sites for hydroxylation is 1. The fourth-order valence-corrected chi connectivity index (χ4v) is 2.76. The molecule has 0 aromatic heterocycles. The molecule has 0 radical (unpaired) electrons. The van der Waals surface area contributed by atoms with Crippen molar-refractivity contribution in [3.8, 4) is 0 Å². The predicted octanol–water partition coefficient (Wildman–Crippen LogP) is 0.976. The molecule has 2 amide bonds. The molecule has 0 spiro atoms. The van der Waals surface area contributed by atoms with Gasteiger partial charge in [-0.15, -0.1) is 0 Å². The van der Waals surface area contributed by atoms with Crippen LogP contribution in [0.2, 0.25) is 0 Å². The number of hydrazine groups is 1. The summed E-state index contributed by atoms with van der Waals surface area (Å²) in [6.45, 7) is 5.94. The van der Waals surface area contributed by atoms with Crippen LogP contribution in [0.5, 0.6) is 0 Å².